The monoisotopic (exact) mass is 254 g/mol. The van der Waals surface area contributed by atoms with E-state index in [2.05, 4.69) is 10.2 Å². The minimum absolute atomic E-state index is 0.0998. The van der Waals surface area contributed by atoms with Gasteiger partial charge in [0.05, 0.1) is 12.6 Å². The molecule has 3 nitrogen and oxygen atoms in total. The van der Waals surface area contributed by atoms with Crippen LogP contribution in [-0.4, -0.2) is 19.4 Å². The van der Waals surface area contributed by atoms with E-state index in [9.17, 15) is 13.2 Å². The molecule has 0 radical (unpaired) electrons. The number of nitrogens with one attached hydrogen (secondary N) is 1. The predicted molar refractivity (Wildman–Crippen MR) is 56.0 cm³/mol. The van der Waals surface area contributed by atoms with Crippen LogP contribution < -0.4 is 11.3 Å². The number of aryl methyl sites for hydroxylation is 1. The highest BCUT2D eigenvalue weighted by Gasteiger charge is 2.28. The SMILES string of the molecule is Cc1ccsc1C(COCC(F)(F)F)NN. The molecule has 0 spiro atoms. The Labute approximate surface area is 95.4 Å². The lowest BCUT2D eigenvalue weighted by Gasteiger charge is -2.16. The van der Waals surface area contributed by atoms with Gasteiger partial charge in [-0.1, -0.05) is 0 Å². The number of halogens is 3. The van der Waals surface area contributed by atoms with Crippen LogP contribution in [0.2, 0.25) is 0 Å². The highest BCUT2D eigenvalue weighted by molar-refractivity contribution is 7.10. The molecule has 3 N–H and O–H groups in total. The quantitative estimate of drug-likeness (QED) is 0.625. The van der Waals surface area contributed by atoms with Crippen molar-refractivity contribution in [2.75, 3.05) is 13.2 Å². The zero-order valence-corrected chi connectivity index (χ0v) is 9.49. The number of ether oxygens (including phenoxy) is 1. The lowest BCUT2D eigenvalue weighted by atomic mass is 10.2. The molecular formula is C9H13F3N2OS. The first-order valence-electron chi connectivity index (χ1n) is 4.58. The van der Waals surface area contributed by atoms with E-state index >= 15 is 0 Å². The molecule has 0 amide bonds. The molecule has 1 heterocycles. The maximum absolute atomic E-state index is 11.9. The second-order valence-corrected chi connectivity index (χ2v) is 4.27. The van der Waals surface area contributed by atoms with Crippen molar-refractivity contribution in [3.63, 3.8) is 0 Å². The van der Waals surface area contributed by atoms with Crippen LogP contribution in [0.4, 0.5) is 13.2 Å². The fourth-order valence-corrected chi connectivity index (χ4v) is 2.21. The van der Waals surface area contributed by atoms with Crippen molar-refractivity contribution in [3.8, 4) is 0 Å². The standard InChI is InChI=1S/C9H13F3N2OS/c1-6-2-3-16-8(6)7(14-13)4-15-5-9(10,11)12/h2-3,7,14H,4-5,13H2,1H3. The highest BCUT2D eigenvalue weighted by atomic mass is 32.1. The van der Waals surface area contributed by atoms with Gasteiger partial charge in [-0.05, 0) is 23.9 Å². The van der Waals surface area contributed by atoms with Crippen LogP contribution in [0.25, 0.3) is 0 Å². The number of thiophene rings is 1. The Morgan fingerprint density at radius 2 is 2.25 bits per heavy atom. The molecule has 92 valence electrons. The minimum Gasteiger partial charge on any atom is -0.370 e. The summed E-state index contributed by atoms with van der Waals surface area (Å²) in [6.45, 7) is 0.521. The number of alkyl halides is 3. The maximum atomic E-state index is 11.9. The molecular weight excluding hydrogens is 241 g/mol. The van der Waals surface area contributed by atoms with Crippen LogP contribution in [0, 0.1) is 6.92 Å². The fourth-order valence-electron chi connectivity index (χ4n) is 1.23. The van der Waals surface area contributed by atoms with Crippen molar-refractivity contribution < 1.29 is 17.9 Å². The highest BCUT2D eigenvalue weighted by Crippen LogP contribution is 2.24. The second kappa shape index (κ2) is 5.62. The molecule has 1 unspecified atom stereocenters. The van der Waals surface area contributed by atoms with Crippen molar-refractivity contribution in [1.82, 2.24) is 5.43 Å². The molecule has 0 aliphatic carbocycles. The van der Waals surface area contributed by atoms with Crippen molar-refractivity contribution in [2.24, 2.45) is 5.84 Å². The van der Waals surface area contributed by atoms with Gasteiger partial charge in [0, 0.05) is 4.88 Å². The smallest absolute Gasteiger partial charge is 0.370 e. The van der Waals surface area contributed by atoms with Gasteiger partial charge in [0.1, 0.15) is 6.61 Å². The first kappa shape index (κ1) is 13.4. The molecule has 0 bridgehead atoms. The van der Waals surface area contributed by atoms with Gasteiger partial charge in [-0.2, -0.15) is 13.2 Å². The molecule has 1 aromatic rings. The summed E-state index contributed by atoms with van der Waals surface area (Å²) in [4.78, 5) is 0.893. The van der Waals surface area contributed by atoms with Gasteiger partial charge >= 0.3 is 6.18 Å². The van der Waals surface area contributed by atoms with E-state index < -0.39 is 18.8 Å². The van der Waals surface area contributed by atoms with E-state index in [1.165, 1.54) is 11.3 Å². The molecule has 0 saturated carbocycles. The van der Waals surface area contributed by atoms with Gasteiger partial charge in [0.25, 0.3) is 0 Å². The summed E-state index contributed by atoms with van der Waals surface area (Å²) >= 11 is 1.44. The van der Waals surface area contributed by atoms with Crippen LogP contribution in [-0.2, 0) is 4.74 Å². The Morgan fingerprint density at radius 3 is 2.69 bits per heavy atom. The molecule has 1 aromatic heterocycles. The first-order valence-corrected chi connectivity index (χ1v) is 5.46. The lowest BCUT2D eigenvalue weighted by Crippen LogP contribution is -2.32. The lowest BCUT2D eigenvalue weighted by molar-refractivity contribution is -0.175. The Balaban J connectivity index is 2.48. The van der Waals surface area contributed by atoms with E-state index in [0.717, 1.165) is 10.4 Å². The van der Waals surface area contributed by atoms with Crippen molar-refractivity contribution in [3.05, 3.63) is 21.9 Å². The van der Waals surface area contributed by atoms with Crippen molar-refractivity contribution >= 4 is 11.3 Å². The summed E-state index contributed by atoms with van der Waals surface area (Å²) in [6.07, 6.45) is -4.30. The Bertz CT molecular complexity index is 327. The van der Waals surface area contributed by atoms with Crippen molar-refractivity contribution in [2.45, 2.75) is 19.1 Å². The molecule has 0 aromatic carbocycles. The normalized spacial score (nSPS) is 14.1. The molecule has 0 aliphatic heterocycles. The van der Waals surface area contributed by atoms with Crippen LogP contribution in [0.1, 0.15) is 16.5 Å². The summed E-state index contributed by atoms with van der Waals surface area (Å²) in [6, 6.07) is 1.48. The van der Waals surface area contributed by atoms with Crippen LogP contribution in [0.15, 0.2) is 11.4 Å². The topological polar surface area (TPSA) is 47.3 Å². The summed E-state index contributed by atoms with van der Waals surface area (Å²) in [7, 11) is 0. The van der Waals surface area contributed by atoms with Crippen LogP contribution in [0.3, 0.4) is 0 Å². The van der Waals surface area contributed by atoms with E-state index in [1.54, 1.807) is 0 Å². The van der Waals surface area contributed by atoms with Gasteiger partial charge in [-0.15, -0.1) is 11.3 Å². The number of hydrogen-bond acceptors (Lipinski definition) is 4. The Morgan fingerprint density at radius 1 is 1.56 bits per heavy atom. The molecule has 0 saturated heterocycles. The van der Waals surface area contributed by atoms with E-state index in [0.29, 0.717) is 0 Å². The molecule has 7 heteroatoms. The second-order valence-electron chi connectivity index (χ2n) is 3.32. The fraction of sp³-hybridized carbons (Fsp3) is 0.556. The minimum atomic E-state index is -4.30. The third-order valence-electron chi connectivity index (χ3n) is 1.97. The maximum Gasteiger partial charge on any atom is 0.411 e. The van der Waals surface area contributed by atoms with E-state index in [-0.39, 0.29) is 6.61 Å². The number of hydrogen-bond donors (Lipinski definition) is 2. The summed E-state index contributed by atoms with van der Waals surface area (Å²) in [5.74, 6) is 5.28. The average molecular weight is 254 g/mol. The molecule has 1 rings (SSSR count). The van der Waals surface area contributed by atoms with Gasteiger partial charge in [0.2, 0.25) is 0 Å². The summed E-state index contributed by atoms with van der Waals surface area (Å²) in [5.41, 5.74) is 3.44. The largest absolute Gasteiger partial charge is 0.411 e. The van der Waals surface area contributed by atoms with Gasteiger partial charge in [-0.3, -0.25) is 5.84 Å². The summed E-state index contributed by atoms with van der Waals surface area (Å²) < 4.78 is 40.1. The zero-order valence-electron chi connectivity index (χ0n) is 8.67. The van der Waals surface area contributed by atoms with Crippen LogP contribution in [0.5, 0.6) is 0 Å². The Hall–Kier alpha value is -0.630. The predicted octanol–water partition coefficient (Wildman–Crippen LogP) is 2.14. The van der Waals surface area contributed by atoms with E-state index in [4.69, 9.17) is 5.84 Å². The summed E-state index contributed by atoms with van der Waals surface area (Å²) in [5, 5.41) is 1.86. The number of rotatable bonds is 5. The number of nitrogens with two attached hydrogens (primary N) is 1. The third kappa shape index (κ3) is 4.09. The van der Waals surface area contributed by atoms with Crippen molar-refractivity contribution in [1.29, 1.82) is 0 Å². The van der Waals surface area contributed by atoms with Gasteiger partial charge in [0.15, 0.2) is 0 Å². The molecule has 0 fully saturated rings. The first-order chi connectivity index (χ1) is 7.44. The van der Waals surface area contributed by atoms with Gasteiger partial charge in [-0.25, -0.2) is 5.43 Å². The third-order valence-corrected chi connectivity index (χ3v) is 3.10. The number of hydrazine groups is 1. The Kier molecular flexibility index (Phi) is 4.72. The van der Waals surface area contributed by atoms with E-state index in [1.807, 2.05) is 18.4 Å². The van der Waals surface area contributed by atoms with Gasteiger partial charge < -0.3 is 4.74 Å². The molecule has 0 aliphatic rings. The average Bonchev–Trinajstić information content (AvgIpc) is 2.58. The molecule has 16 heavy (non-hydrogen) atoms. The molecule has 1 atom stereocenters. The zero-order chi connectivity index (χ0) is 12.2. The van der Waals surface area contributed by atoms with Crippen LogP contribution >= 0.6 is 11.3 Å².